The molecule has 0 spiro atoms. The molecule has 1 rings (SSSR count). The van der Waals surface area contributed by atoms with Crippen LogP contribution in [0.25, 0.3) is 0 Å². The molecular formula is C18H27NO5. The molecule has 1 N–H and O–H groups in total. The highest BCUT2D eigenvalue weighted by atomic mass is 16.6. The van der Waals surface area contributed by atoms with Crippen molar-refractivity contribution in [2.45, 2.75) is 39.7 Å². The highest BCUT2D eigenvalue weighted by Gasteiger charge is 2.20. The van der Waals surface area contributed by atoms with E-state index in [1.54, 1.807) is 26.8 Å². The first kappa shape index (κ1) is 20.0. The normalized spacial score (nSPS) is 20.8. The van der Waals surface area contributed by atoms with Crippen LogP contribution in [0, 0.1) is 5.92 Å². The second-order valence-corrected chi connectivity index (χ2v) is 6.59. The maximum atomic E-state index is 12.0. The quantitative estimate of drug-likeness (QED) is 0.633. The molecule has 1 heterocycles. The minimum absolute atomic E-state index is 0.0232. The van der Waals surface area contributed by atoms with Crippen LogP contribution in [-0.2, 0) is 19.0 Å². The first-order valence-electron chi connectivity index (χ1n) is 7.97. The van der Waals surface area contributed by atoms with Gasteiger partial charge in [-0.05, 0) is 44.8 Å². The van der Waals surface area contributed by atoms with Gasteiger partial charge in [0.1, 0.15) is 11.3 Å². The average Bonchev–Trinajstić information content (AvgIpc) is 2.56. The Balaban J connectivity index is 3.02. The van der Waals surface area contributed by atoms with Gasteiger partial charge in [0, 0.05) is 6.61 Å². The van der Waals surface area contributed by atoms with Gasteiger partial charge in [-0.3, -0.25) is 5.32 Å². The number of ether oxygens (including phenoxy) is 3. The van der Waals surface area contributed by atoms with Gasteiger partial charge in [-0.25, -0.2) is 9.59 Å². The number of esters is 1. The number of carbonyl (C=O) groups excluding carboxylic acids is 2. The van der Waals surface area contributed by atoms with E-state index in [1.807, 2.05) is 18.2 Å². The van der Waals surface area contributed by atoms with Gasteiger partial charge in [0.2, 0.25) is 0 Å². The summed E-state index contributed by atoms with van der Waals surface area (Å²) in [4.78, 5) is 23.9. The largest absolute Gasteiger partial charge is 0.464 e. The third-order valence-electron chi connectivity index (χ3n) is 3.07. The number of carbonyl (C=O) groups is 2. The van der Waals surface area contributed by atoms with Crippen LogP contribution in [0.3, 0.4) is 0 Å². The SMILES string of the molecule is COC(=O)/C(=C/C1=C[C@H](C)CCOC/C=C\1)NC(=O)OC(C)(C)C. The van der Waals surface area contributed by atoms with Crippen molar-refractivity contribution in [2.24, 2.45) is 5.92 Å². The van der Waals surface area contributed by atoms with Gasteiger partial charge in [-0.1, -0.05) is 25.2 Å². The van der Waals surface area contributed by atoms with Crippen molar-refractivity contribution in [3.05, 3.63) is 35.6 Å². The van der Waals surface area contributed by atoms with Crippen molar-refractivity contribution >= 4 is 12.1 Å². The van der Waals surface area contributed by atoms with E-state index in [1.165, 1.54) is 7.11 Å². The third kappa shape index (κ3) is 7.97. The molecule has 1 atom stereocenters. The first-order valence-corrected chi connectivity index (χ1v) is 7.97. The Morgan fingerprint density at radius 2 is 2.08 bits per heavy atom. The summed E-state index contributed by atoms with van der Waals surface area (Å²) in [5, 5.41) is 2.46. The van der Waals surface area contributed by atoms with E-state index in [2.05, 4.69) is 12.2 Å². The number of hydrogen-bond donors (Lipinski definition) is 1. The van der Waals surface area contributed by atoms with Gasteiger partial charge in [0.15, 0.2) is 0 Å². The van der Waals surface area contributed by atoms with Crippen molar-refractivity contribution in [1.29, 1.82) is 0 Å². The fraction of sp³-hybridized carbons (Fsp3) is 0.556. The molecule has 0 saturated heterocycles. The van der Waals surface area contributed by atoms with E-state index >= 15 is 0 Å². The summed E-state index contributed by atoms with van der Waals surface area (Å²) in [5.74, 6) is -0.363. The number of hydrogen-bond acceptors (Lipinski definition) is 5. The second kappa shape index (κ2) is 9.27. The average molecular weight is 337 g/mol. The van der Waals surface area contributed by atoms with Gasteiger partial charge in [-0.15, -0.1) is 0 Å². The molecule has 0 saturated carbocycles. The predicted molar refractivity (Wildman–Crippen MR) is 91.3 cm³/mol. The minimum Gasteiger partial charge on any atom is -0.464 e. The Morgan fingerprint density at radius 3 is 2.71 bits per heavy atom. The maximum absolute atomic E-state index is 12.0. The lowest BCUT2D eigenvalue weighted by atomic mass is 10.0. The van der Waals surface area contributed by atoms with Gasteiger partial charge in [0.05, 0.1) is 13.7 Å². The zero-order valence-electron chi connectivity index (χ0n) is 15.0. The van der Waals surface area contributed by atoms with Crippen molar-refractivity contribution < 1.29 is 23.8 Å². The molecule has 6 heteroatoms. The molecule has 0 aromatic carbocycles. The molecule has 0 aliphatic carbocycles. The molecule has 0 radical (unpaired) electrons. The van der Waals surface area contributed by atoms with Crippen LogP contribution >= 0.6 is 0 Å². The molecule has 24 heavy (non-hydrogen) atoms. The molecule has 0 aromatic heterocycles. The van der Waals surface area contributed by atoms with Crippen molar-refractivity contribution in [2.75, 3.05) is 20.3 Å². The fourth-order valence-corrected chi connectivity index (χ4v) is 2.00. The minimum atomic E-state index is -0.705. The van der Waals surface area contributed by atoms with Crippen molar-refractivity contribution in [1.82, 2.24) is 5.32 Å². The molecule has 1 amide bonds. The Morgan fingerprint density at radius 1 is 1.38 bits per heavy atom. The monoisotopic (exact) mass is 337 g/mol. The molecule has 0 unspecified atom stereocenters. The number of allylic oxidation sites excluding steroid dienone is 4. The lowest BCUT2D eigenvalue weighted by Crippen LogP contribution is -2.34. The number of rotatable bonds is 3. The number of amides is 1. The van der Waals surface area contributed by atoms with E-state index < -0.39 is 17.7 Å². The highest BCUT2D eigenvalue weighted by Crippen LogP contribution is 2.14. The number of alkyl carbamates (subject to hydrolysis) is 1. The molecule has 6 nitrogen and oxygen atoms in total. The molecule has 0 bridgehead atoms. The molecular weight excluding hydrogens is 310 g/mol. The van der Waals surface area contributed by atoms with Crippen LogP contribution in [-0.4, -0.2) is 38.0 Å². The van der Waals surface area contributed by atoms with Crippen LogP contribution in [0.5, 0.6) is 0 Å². The van der Waals surface area contributed by atoms with E-state index in [9.17, 15) is 9.59 Å². The topological polar surface area (TPSA) is 73.9 Å². The van der Waals surface area contributed by atoms with Gasteiger partial charge in [-0.2, -0.15) is 0 Å². The summed E-state index contributed by atoms with van der Waals surface area (Å²) >= 11 is 0. The van der Waals surface area contributed by atoms with E-state index in [0.29, 0.717) is 13.2 Å². The molecule has 1 aliphatic heterocycles. The summed E-state index contributed by atoms with van der Waals surface area (Å²) in [7, 11) is 1.26. The third-order valence-corrected chi connectivity index (χ3v) is 3.07. The molecule has 0 aromatic rings. The summed E-state index contributed by atoms with van der Waals surface area (Å²) in [6.45, 7) is 8.50. The van der Waals surface area contributed by atoms with Crippen LogP contribution < -0.4 is 5.32 Å². The van der Waals surface area contributed by atoms with Crippen molar-refractivity contribution in [3.63, 3.8) is 0 Å². The van der Waals surface area contributed by atoms with Crippen LogP contribution in [0.1, 0.15) is 34.1 Å². The number of nitrogens with one attached hydrogen (secondary N) is 1. The summed E-state index contributed by atoms with van der Waals surface area (Å²) in [6, 6.07) is 0. The van der Waals surface area contributed by atoms with Crippen LogP contribution in [0.2, 0.25) is 0 Å². The maximum Gasteiger partial charge on any atom is 0.412 e. The lowest BCUT2D eigenvalue weighted by molar-refractivity contribution is -0.136. The van der Waals surface area contributed by atoms with E-state index in [0.717, 1.165) is 12.0 Å². The van der Waals surface area contributed by atoms with E-state index in [4.69, 9.17) is 14.2 Å². The Bertz CT molecular complexity index is 540. The van der Waals surface area contributed by atoms with E-state index in [-0.39, 0.29) is 11.6 Å². The lowest BCUT2D eigenvalue weighted by Gasteiger charge is -2.20. The zero-order chi connectivity index (χ0) is 18.2. The highest BCUT2D eigenvalue weighted by molar-refractivity contribution is 5.92. The Labute approximate surface area is 143 Å². The van der Waals surface area contributed by atoms with Gasteiger partial charge < -0.3 is 14.2 Å². The van der Waals surface area contributed by atoms with Crippen LogP contribution in [0.15, 0.2) is 35.6 Å². The zero-order valence-corrected chi connectivity index (χ0v) is 15.0. The smallest absolute Gasteiger partial charge is 0.412 e. The van der Waals surface area contributed by atoms with Crippen molar-refractivity contribution in [3.8, 4) is 0 Å². The Kier molecular flexibility index (Phi) is 7.71. The summed E-state index contributed by atoms with van der Waals surface area (Å²) in [6.07, 6.45) is 7.48. The van der Waals surface area contributed by atoms with Gasteiger partial charge >= 0.3 is 12.1 Å². The molecule has 1 aliphatic rings. The molecule has 134 valence electrons. The molecule has 0 fully saturated rings. The van der Waals surface area contributed by atoms with Crippen LogP contribution in [0.4, 0.5) is 4.79 Å². The van der Waals surface area contributed by atoms with Gasteiger partial charge in [0.25, 0.3) is 0 Å². The fourth-order valence-electron chi connectivity index (χ4n) is 2.00. The summed E-state index contributed by atoms with van der Waals surface area (Å²) < 4.78 is 15.4. The Hall–Kier alpha value is -2.08. The predicted octanol–water partition coefficient (Wildman–Crippen LogP) is 3.11. The summed E-state index contributed by atoms with van der Waals surface area (Å²) in [5.41, 5.74) is 0.161. The second-order valence-electron chi connectivity index (χ2n) is 6.59. The number of methoxy groups -OCH3 is 1. The standard InChI is InChI=1S/C18H27NO5/c1-13-8-10-23-9-6-7-14(11-13)12-15(16(20)22-5)19-17(21)24-18(2,3)4/h6-7,11-13H,8-10H2,1-5H3,(H,19,21)/b7-6-,14-11?,15-12-/t13-/m1/s1. The first-order chi connectivity index (χ1) is 11.2.